The number of nitrogens with zero attached hydrogens (tertiary/aromatic N) is 3. The summed E-state index contributed by atoms with van der Waals surface area (Å²) in [6.07, 6.45) is -0.377. The molecule has 1 N–H and O–H groups in total. The highest BCUT2D eigenvalue weighted by molar-refractivity contribution is 7.22. The molecule has 3 aromatic carbocycles. The van der Waals surface area contributed by atoms with Crippen molar-refractivity contribution >= 4 is 44.6 Å². The molecule has 0 bridgehead atoms. The fraction of sp³-hybridized carbons (Fsp3) is 0.0690. The Morgan fingerprint density at radius 3 is 2.49 bits per heavy atom. The van der Waals surface area contributed by atoms with E-state index in [1.54, 1.807) is 24.3 Å². The first kappa shape index (κ1) is 27.5. The average Bonchev–Trinajstić information content (AvgIpc) is 3.39. The van der Waals surface area contributed by atoms with Crippen LogP contribution in [-0.2, 0) is 20.5 Å². The molecule has 0 unspecified atom stereocenters. The number of anilines is 1. The number of rotatable bonds is 8. The van der Waals surface area contributed by atoms with Gasteiger partial charge in [-0.05, 0) is 35.9 Å². The van der Waals surface area contributed by atoms with Crippen LogP contribution in [0.25, 0.3) is 27.6 Å². The van der Waals surface area contributed by atoms with Gasteiger partial charge in [-0.15, -0.1) is 0 Å². The molecule has 0 spiro atoms. The summed E-state index contributed by atoms with van der Waals surface area (Å²) in [6.45, 7) is -0.495. The van der Waals surface area contributed by atoms with Gasteiger partial charge < -0.3 is 9.47 Å². The molecule has 0 atom stereocenters. The first-order valence-corrected chi connectivity index (χ1v) is 12.8. The van der Waals surface area contributed by atoms with Gasteiger partial charge >= 0.3 is 12.1 Å². The summed E-state index contributed by atoms with van der Waals surface area (Å²) in [6, 6.07) is 20.5. The molecule has 0 saturated heterocycles. The monoisotopic (exact) mass is 576 g/mol. The maximum atomic E-state index is 12.9. The molecule has 8 nitrogen and oxygen atoms in total. The molecule has 5 aromatic rings. The van der Waals surface area contributed by atoms with E-state index in [2.05, 4.69) is 20.3 Å². The molecule has 0 aliphatic rings. The van der Waals surface area contributed by atoms with Gasteiger partial charge in [0.25, 0.3) is 5.91 Å². The summed E-state index contributed by atoms with van der Waals surface area (Å²) in [4.78, 5) is 36.9. The molecule has 0 radical (unpaired) electrons. The van der Waals surface area contributed by atoms with Crippen LogP contribution in [0.2, 0.25) is 0 Å². The second-order valence-electron chi connectivity index (χ2n) is 8.44. The van der Waals surface area contributed by atoms with E-state index in [0.717, 1.165) is 17.7 Å². The lowest BCUT2D eigenvalue weighted by molar-refractivity contribution is -0.142. The van der Waals surface area contributed by atoms with Crippen molar-refractivity contribution < 1.29 is 32.2 Å². The minimum Gasteiger partial charge on any atom is -0.452 e. The molecule has 5 rings (SSSR count). The molecule has 41 heavy (non-hydrogen) atoms. The zero-order valence-corrected chi connectivity index (χ0v) is 21.8. The Hall–Kier alpha value is -5.10. The van der Waals surface area contributed by atoms with Crippen molar-refractivity contribution in [2.24, 2.45) is 0 Å². The number of hydrogen-bond donors (Lipinski definition) is 1. The quantitative estimate of drug-likeness (QED) is 0.161. The predicted octanol–water partition coefficient (Wildman–Crippen LogP) is 6.76. The van der Waals surface area contributed by atoms with E-state index >= 15 is 0 Å². The molecule has 0 aliphatic carbocycles. The van der Waals surface area contributed by atoms with Gasteiger partial charge in [0.05, 0.1) is 16.0 Å². The summed E-state index contributed by atoms with van der Waals surface area (Å²) in [5, 5.41) is 2.87. The SMILES string of the molecule is O=C(COC(=O)/C=C/c1ccccc1)Nc1nc2c(Oc3cc(-c4ccc(C(F)(F)F)cc4)ncn3)cccc2s1. The predicted molar refractivity (Wildman–Crippen MR) is 147 cm³/mol. The van der Waals surface area contributed by atoms with Crippen LogP contribution in [0.15, 0.2) is 91.3 Å². The normalized spacial score (nSPS) is 11.5. The van der Waals surface area contributed by atoms with Crippen LogP contribution < -0.4 is 10.1 Å². The van der Waals surface area contributed by atoms with Gasteiger partial charge in [-0.3, -0.25) is 10.1 Å². The van der Waals surface area contributed by atoms with Crippen molar-refractivity contribution in [3.05, 3.63) is 102 Å². The first-order valence-electron chi connectivity index (χ1n) is 12.0. The van der Waals surface area contributed by atoms with E-state index in [1.165, 1.54) is 41.9 Å². The largest absolute Gasteiger partial charge is 0.452 e. The Labute approximate surface area is 235 Å². The van der Waals surface area contributed by atoms with Crippen molar-refractivity contribution in [1.29, 1.82) is 0 Å². The first-order chi connectivity index (χ1) is 19.7. The number of hydrogen-bond acceptors (Lipinski definition) is 8. The summed E-state index contributed by atoms with van der Waals surface area (Å²) in [5.74, 6) is -0.736. The summed E-state index contributed by atoms with van der Waals surface area (Å²) in [7, 11) is 0. The fourth-order valence-electron chi connectivity index (χ4n) is 3.62. The number of halogens is 3. The Bertz CT molecular complexity index is 1720. The Morgan fingerprint density at radius 1 is 0.951 bits per heavy atom. The van der Waals surface area contributed by atoms with Gasteiger partial charge in [0.1, 0.15) is 11.8 Å². The number of fused-ring (bicyclic) bond motifs is 1. The van der Waals surface area contributed by atoms with Crippen LogP contribution in [0.3, 0.4) is 0 Å². The van der Waals surface area contributed by atoms with Crippen LogP contribution in [0, 0.1) is 0 Å². The van der Waals surface area contributed by atoms with Gasteiger partial charge in [-0.25, -0.2) is 19.7 Å². The Balaban J connectivity index is 1.23. The highest BCUT2D eigenvalue weighted by Crippen LogP contribution is 2.35. The van der Waals surface area contributed by atoms with Gasteiger partial charge in [0.15, 0.2) is 17.5 Å². The number of ether oxygens (including phenoxy) is 2. The second-order valence-corrected chi connectivity index (χ2v) is 9.47. The van der Waals surface area contributed by atoms with E-state index in [-0.39, 0.29) is 11.0 Å². The highest BCUT2D eigenvalue weighted by atomic mass is 32.1. The van der Waals surface area contributed by atoms with Crippen molar-refractivity contribution in [1.82, 2.24) is 15.0 Å². The lowest BCUT2D eigenvalue weighted by Crippen LogP contribution is -2.19. The third-order valence-electron chi connectivity index (χ3n) is 5.55. The van der Waals surface area contributed by atoms with Crippen molar-refractivity contribution in [2.75, 3.05) is 11.9 Å². The van der Waals surface area contributed by atoms with Crippen LogP contribution in [-0.4, -0.2) is 33.4 Å². The number of amides is 1. The van der Waals surface area contributed by atoms with E-state index in [4.69, 9.17) is 9.47 Å². The number of carbonyl (C=O) groups excluding carboxylic acids is 2. The second kappa shape index (κ2) is 12.0. The molecule has 0 aliphatic heterocycles. The topological polar surface area (TPSA) is 103 Å². The smallest absolute Gasteiger partial charge is 0.416 e. The number of aromatic nitrogens is 3. The summed E-state index contributed by atoms with van der Waals surface area (Å²) >= 11 is 1.19. The number of para-hydroxylation sites is 1. The molecular formula is C29H19F3N4O4S. The molecule has 0 fully saturated rings. The van der Waals surface area contributed by atoms with Crippen molar-refractivity contribution in [2.45, 2.75) is 6.18 Å². The third-order valence-corrected chi connectivity index (χ3v) is 6.49. The number of alkyl halides is 3. The van der Waals surface area contributed by atoms with E-state index < -0.39 is 30.2 Å². The molecule has 12 heteroatoms. The Kier molecular flexibility index (Phi) is 8.01. The maximum Gasteiger partial charge on any atom is 0.416 e. The van der Waals surface area contributed by atoms with Gasteiger partial charge in [0.2, 0.25) is 5.88 Å². The van der Waals surface area contributed by atoms with Crippen LogP contribution in [0.5, 0.6) is 11.6 Å². The van der Waals surface area contributed by atoms with E-state index in [9.17, 15) is 22.8 Å². The molecular weight excluding hydrogens is 557 g/mol. The lowest BCUT2D eigenvalue weighted by Gasteiger charge is -2.09. The molecule has 1 amide bonds. The maximum absolute atomic E-state index is 12.9. The number of nitrogens with one attached hydrogen (secondary N) is 1. The minimum absolute atomic E-state index is 0.149. The molecule has 0 saturated carbocycles. The fourth-order valence-corrected chi connectivity index (χ4v) is 4.52. The number of esters is 1. The zero-order valence-electron chi connectivity index (χ0n) is 21.0. The van der Waals surface area contributed by atoms with Crippen LogP contribution in [0.4, 0.5) is 18.3 Å². The van der Waals surface area contributed by atoms with Crippen molar-refractivity contribution in [3.63, 3.8) is 0 Å². The molecule has 2 aromatic heterocycles. The number of carbonyl (C=O) groups is 2. The van der Waals surface area contributed by atoms with Gasteiger partial charge in [0, 0.05) is 17.7 Å². The number of thiazole rings is 1. The number of benzene rings is 3. The summed E-state index contributed by atoms with van der Waals surface area (Å²) < 4.78 is 50.3. The molecule has 206 valence electrons. The van der Waals surface area contributed by atoms with Crippen LogP contribution in [0.1, 0.15) is 11.1 Å². The zero-order chi connectivity index (χ0) is 28.8. The molecule has 2 heterocycles. The third kappa shape index (κ3) is 7.11. The van der Waals surface area contributed by atoms with E-state index in [1.807, 2.05) is 30.3 Å². The average molecular weight is 577 g/mol. The standard InChI is InChI=1S/C29H19F3N4O4S/c30-29(31,32)20-12-10-19(11-13-20)21-15-25(34-17-33-21)40-22-7-4-8-23-27(22)36-28(41-23)35-24(37)16-39-26(38)14-9-18-5-2-1-3-6-18/h1-15,17H,16H2,(H,35,36,37)/b14-9+. The van der Waals surface area contributed by atoms with Crippen LogP contribution >= 0.6 is 11.3 Å². The highest BCUT2D eigenvalue weighted by Gasteiger charge is 2.30. The summed E-state index contributed by atoms with van der Waals surface area (Å²) in [5.41, 5.74) is 1.33. The lowest BCUT2D eigenvalue weighted by atomic mass is 10.1. The van der Waals surface area contributed by atoms with Gasteiger partial charge in [-0.1, -0.05) is 59.9 Å². The van der Waals surface area contributed by atoms with E-state index in [0.29, 0.717) is 27.2 Å². The van der Waals surface area contributed by atoms with Gasteiger partial charge in [-0.2, -0.15) is 13.2 Å². The Morgan fingerprint density at radius 2 is 1.73 bits per heavy atom. The van der Waals surface area contributed by atoms with Crippen molar-refractivity contribution in [3.8, 4) is 22.9 Å². The minimum atomic E-state index is -4.44.